The molecule has 0 amide bonds. The average molecular weight is 238 g/mol. The molecule has 1 aliphatic rings. The van der Waals surface area contributed by atoms with Crippen molar-refractivity contribution in [3.63, 3.8) is 0 Å². The van der Waals surface area contributed by atoms with Gasteiger partial charge in [0.1, 0.15) is 13.6 Å². The normalized spacial score (nSPS) is 28.5. The molecule has 0 aromatic carbocycles. The van der Waals surface area contributed by atoms with Gasteiger partial charge in [-0.2, -0.15) is 0 Å². The van der Waals surface area contributed by atoms with E-state index in [1.807, 2.05) is 0 Å². The number of hydrogen-bond donors (Lipinski definition) is 1. The van der Waals surface area contributed by atoms with Crippen molar-refractivity contribution in [3.05, 3.63) is 12.2 Å². The van der Waals surface area contributed by atoms with E-state index in [1.165, 1.54) is 0 Å². The standard InChI is InChI=1S/C13H23BO3/c1-17-10-11-12(14-9-13(11)16)7-5-3-2-4-6-8-15/h3,5,8,11-14,16H,2,4,6-7,9-10H2,1H3/b5-3-/t11-,12-,13-/m1/s1. The highest BCUT2D eigenvalue weighted by molar-refractivity contribution is 6.39. The second-order valence-electron chi connectivity index (χ2n) is 4.83. The Hall–Kier alpha value is -0.605. The van der Waals surface area contributed by atoms with Gasteiger partial charge in [-0.1, -0.05) is 24.3 Å². The molecule has 1 rings (SSSR count). The highest BCUT2D eigenvalue weighted by Gasteiger charge is 2.34. The van der Waals surface area contributed by atoms with Crippen LogP contribution in [-0.4, -0.2) is 38.5 Å². The highest BCUT2D eigenvalue weighted by atomic mass is 16.5. The van der Waals surface area contributed by atoms with Gasteiger partial charge < -0.3 is 14.6 Å². The summed E-state index contributed by atoms with van der Waals surface area (Å²) in [6, 6.07) is 0. The van der Waals surface area contributed by atoms with Crippen LogP contribution in [0.2, 0.25) is 12.1 Å². The second kappa shape index (κ2) is 8.48. The maximum absolute atomic E-state index is 10.1. The number of aliphatic hydroxyl groups is 1. The van der Waals surface area contributed by atoms with Gasteiger partial charge in [-0.05, 0) is 19.3 Å². The van der Waals surface area contributed by atoms with Crippen molar-refractivity contribution in [3.8, 4) is 0 Å². The molecular formula is C13H23BO3. The van der Waals surface area contributed by atoms with Crippen molar-refractivity contribution in [1.82, 2.24) is 0 Å². The fourth-order valence-electron chi connectivity index (χ4n) is 2.57. The lowest BCUT2D eigenvalue weighted by Gasteiger charge is -2.20. The Morgan fingerprint density at radius 2 is 2.24 bits per heavy atom. The molecule has 1 saturated heterocycles. The van der Waals surface area contributed by atoms with Crippen molar-refractivity contribution < 1.29 is 14.6 Å². The first-order valence-corrected chi connectivity index (χ1v) is 6.55. The van der Waals surface area contributed by atoms with Crippen LogP contribution in [0.5, 0.6) is 0 Å². The monoisotopic (exact) mass is 238 g/mol. The first-order chi connectivity index (χ1) is 8.29. The molecule has 0 aliphatic carbocycles. The summed E-state index contributed by atoms with van der Waals surface area (Å²) >= 11 is 0. The van der Waals surface area contributed by atoms with Gasteiger partial charge in [-0.25, -0.2) is 0 Å². The molecule has 3 atom stereocenters. The number of unbranched alkanes of at least 4 members (excludes halogenated alkanes) is 2. The van der Waals surface area contributed by atoms with Crippen LogP contribution in [0, 0.1) is 5.92 Å². The largest absolute Gasteiger partial charge is 0.393 e. The van der Waals surface area contributed by atoms with E-state index in [0.717, 1.165) is 39.1 Å². The number of rotatable bonds is 8. The average Bonchev–Trinajstić information content (AvgIpc) is 2.66. The predicted octanol–water partition coefficient (Wildman–Crippen LogP) is 1.58. The molecule has 1 aliphatic heterocycles. The zero-order chi connectivity index (χ0) is 12.5. The highest BCUT2D eigenvalue weighted by Crippen LogP contribution is 2.34. The van der Waals surface area contributed by atoms with Crippen LogP contribution >= 0.6 is 0 Å². The van der Waals surface area contributed by atoms with E-state index < -0.39 is 0 Å². The minimum Gasteiger partial charge on any atom is -0.393 e. The van der Waals surface area contributed by atoms with E-state index in [1.54, 1.807) is 7.11 Å². The molecule has 0 saturated carbocycles. The van der Waals surface area contributed by atoms with Crippen molar-refractivity contribution in [2.24, 2.45) is 5.92 Å². The number of hydrogen-bond acceptors (Lipinski definition) is 3. The number of methoxy groups -OCH3 is 1. The molecule has 1 N–H and O–H groups in total. The van der Waals surface area contributed by atoms with Crippen LogP contribution < -0.4 is 0 Å². The third-order valence-electron chi connectivity index (χ3n) is 3.59. The van der Waals surface area contributed by atoms with Crippen LogP contribution in [-0.2, 0) is 9.53 Å². The van der Waals surface area contributed by atoms with Crippen LogP contribution in [0.1, 0.15) is 25.7 Å². The van der Waals surface area contributed by atoms with Crippen molar-refractivity contribution in [1.29, 1.82) is 0 Å². The Labute approximate surface area is 104 Å². The van der Waals surface area contributed by atoms with Crippen molar-refractivity contribution >= 4 is 13.6 Å². The maximum atomic E-state index is 10.1. The number of aldehydes is 1. The molecule has 4 heteroatoms. The van der Waals surface area contributed by atoms with Gasteiger partial charge >= 0.3 is 0 Å². The Bertz CT molecular complexity index is 243. The third kappa shape index (κ3) is 5.05. The first-order valence-electron chi connectivity index (χ1n) is 6.55. The summed E-state index contributed by atoms with van der Waals surface area (Å²) in [5.74, 6) is 0.840. The Morgan fingerprint density at radius 3 is 2.94 bits per heavy atom. The van der Waals surface area contributed by atoms with Gasteiger partial charge in [-0.15, -0.1) is 0 Å². The number of carbonyl (C=O) groups is 1. The Morgan fingerprint density at radius 1 is 1.41 bits per heavy atom. The SMILES string of the molecule is COC[C@H]1[C@H](O)CB[C@@H]1C/C=C\CCCC=O. The summed E-state index contributed by atoms with van der Waals surface area (Å²) in [6.45, 7) is 0.658. The van der Waals surface area contributed by atoms with Crippen LogP contribution in [0.3, 0.4) is 0 Å². The fourth-order valence-corrected chi connectivity index (χ4v) is 2.57. The molecule has 0 unspecified atom stereocenters. The van der Waals surface area contributed by atoms with Gasteiger partial charge in [0.2, 0.25) is 0 Å². The zero-order valence-electron chi connectivity index (χ0n) is 10.7. The Kier molecular flexibility index (Phi) is 7.21. The number of ether oxygens (including phenoxy) is 1. The lowest BCUT2D eigenvalue weighted by atomic mass is 9.64. The summed E-state index contributed by atoms with van der Waals surface area (Å²) < 4.78 is 5.16. The maximum Gasteiger partial charge on any atom is 0.128 e. The molecular weight excluding hydrogens is 215 g/mol. The van der Waals surface area contributed by atoms with E-state index >= 15 is 0 Å². The number of aliphatic hydroxyl groups excluding tert-OH is 1. The molecule has 0 radical (unpaired) electrons. The van der Waals surface area contributed by atoms with Crippen LogP contribution in [0.25, 0.3) is 0 Å². The summed E-state index contributed by atoms with van der Waals surface area (Å²) in [6.07, 6.45) is 9.60. The number of carbonyl (C=O) groups excluding carboxylic acids is 1. The van der Waals surface area contributed by atoms with Gasteiger partial charge in [0.15, 0.2) is 0 Å². The minimum atomic E-state index is -0.191. The van der Waals surface area contributed by atoms with E-state index in [-0.39, 0.29) is 6.10 Å². The lowest BCUT2D eigenvalue weighted by molar-refractivity contribution is -0.107. The van der Waals surface area contributed by atoms with Gasteiger partial charge in [0, 0.05) is 19.4 Å². The van der Waals surface area contributed by atoms with Crippen LogP contribution in [0.15, 0.2) is 12.2 Å². The molecule has 1 heterocycles. The minimum absolute atomic E-state index is 0.191. The van der Waals surface area contributed by atoms with Crippen molar-refractivity contribution in [2.45, 2.75) is 43.9 Å². The van der Waals surface area contributed by atoms with E-state index in [9.17, 15) is 9.90 Å². The topological polar surface area (TPSA) is 46.5 Å². The predicted molar refractivity (Wildman–Crippen MR) is 70.8 cm³/mol. The van der Waals surface area contributed by atoms with Gasteiger partial charge in [0.05, 0.1) is 12.7 Å². The zero-order valence-corrected chi connectivity index (χ0v) is 10.7. The van der Waals surface area contributed by atoms with E-state index in [2.05, 4.69) is 12.2 Å². The number of allylic oxidation sites excluding steroid dienone is 2. The van der Waals surface area contributed by atoms with E-state index in [4.69, 9.17) is 4.74 Å². The molecule has 0 bridgehead atoms. The van der Waals surface area contributed by atoms with Gasteiger partial charge in [-0.3, -0.25) is 0 Å². The fraction of sp³-hybridized carbons (Fsp3) is 0.769. The summed E-state index contributed by atoms with van der Waals surface area (Å²) in [7, 11) is 2.78. The molecule has 96 valence electrons. The molecule has 0 aromatic heterocycles. The molecule has 0 spiro atoms. The quantitative estimate of drug-likeness (QED) is 0.302. The lowest BCUT2D eigenvalue weighted by Crippen LogP contribution is -2.21. The third-order valence-corrected chi connectivity index (χ3v) is 3.59. The van der Waals surface area contributed by atoms with E-state index in [0.29, 0.717) is 24.8 Å². The Balaban J connectivity index is 2.23. The molecule has 0 aromatic rings. The second-order valence-corrected chi connectivity index (χ2v) is 4.83. The summed E-state index contributed by atoms with van der Waals surface area (Å²) in [5.41, 5.74) is 0. The summed E-state index contributed by atoms with van der Waals surface area (Å²) in [4.78, 5) is 10.1. The first kappa shape index (κ1) is 14.5. The summed E-state index contributed by atoms with van der Waals surface area (Å²) in [5, 5.41) is 9.82. The van der Waals surface area contributed by atoms with Gasteiger partial charge in [0.25, 0.3) is 0 Å². The molecule has 1 fully saturated rings. The smallest absolute Gasteiger partial charge is 0.128 e. The van der Waals surface area contributed by atoms with Crippen molar-refractivity contribution in [2.75, 3.05) is 13.7 Å². The molecule has 3 nitrogen and oxygen atoms in total. The van der Waals surface area contributed by atoms with Crippen LogP contribution in [0.4, 0.5) is 0 Å². The molecule has 17 heavy (non-hydrogen) atoms.